The largest absolute Gasteiger partial charge is 0.490 e. The standard InChI is InChI=1S/C28H38N2O3/c1-3-4-5-6-7-8-9-10-19-32-26-20-29-27(30-21-26)23-15-17-25(18-16-23)33-28(31)24-13-11-22(2)12-14-24/h11,15-18,20-21,24H,3-10,12-14,19H2,1-2H3. The number of benzene rings is 1. The first-order chi connectivity index (χ1) is 16.2. The van der Waals surface area contributed by atoms with Gasteiger partial charge in [0.25, 0.3) is 0 Å². The zero-order chi connectivity index (χ0) is 23.3. The summed E-state index contributed by atoms with van der Waals surface area (Å²) >= 11 is 0. The fourth-order valence-electron chi connectivity index (χ4n) is 4.02. The van der Waals surface area contributed by atoms with E-state index in [-0.39, 0.29) is 11.9 Å². The average molecular weight is 451 g/mol. The molecule has 1 aromatic carbocycles. The summed E-state index contributed by atoms with van der Waals surface area (Å²) in [5, 5.41) is 0. The van der Waals surface area contributed by atoms with Gasteiger partial charge in [-0.2, -0.15) is 0 Å². The molecule has 0 saturated heterocycles. The molecule has 0 aliphatic heterocycles. The van der Waals surface area contributed by atoms with E-state index in [9.17, 15) is 4.79 Å². The monoisotopic (exact) mass is 450 g/mol. The molecule has 0 N–H and O–H groups in total. The van der Waals surface area contributed by atoms with Crippen molar-refractivity contribution in [1.82, 2.24) is 9.97 Å². The molecule has 2 aromatic rings. The molecule has 1 aromatic heterocycles. The van der Waals surface area contributed by atoms with Gasteiger partial charge in [-0.05, 0) is 56.9 Å². The Morgan fingerprint density at radius 3 is 2.24 bits per heavy atom. The van der Waals surface area contributed by atoms with E-state index in [2.05, 4.69) is 29.9 Å². The molecular formula is C28H38N2O3. The first kappa shape index (κ1) is 24.9. The second kappa shape index (κ2) is 13.8. The molecule has 0 fully saturated rings. The molecule has 5 heteroatoms. The van der Waals surface area contributed by atoms with Gasteiger partial charge in [-0.3, -0.25) is 4.79 Å². The molecule has 0 bridgehead atoms. The average Bonchev–Trinajstić information content (AvgIpc) is 2.84. The Labute approximate surface area is 198 Å². The maximum atomic E-state index is 12.4. The Kier molecular flexibility index (Phi) is 10.4. The summed E-state index contributed by atoms with van der Waals surface area (Å²) in [7, 11) is 0. The Bertz CT molecular complexity index is 875. The van der Waals surface area contributed by atoms with Crippen molar-refractivity contribution in [3.05, 3.63) is 48.3 Å². The fourth-order valence-corrected chi connectivity index (χ4v) is 4.02. The SMILES string of the molecule is CCCCCCCCCCOc1cnc(-c2ccc(OC(=O)C3CC=C(C)CC3)cc2)nc1. The highest BCUT2D eigenvalue weighted by Gasteiger charge is 2.22. The quantitative estimate of drug-likeness (QED) is 0.138. The molecule has 1 aliphatic rings. The van der Waals surface area contributed by atoms with Crippen LogP contribution in [0.5, 0.6) is 11.5 Å². The number of hydrogen-bond donors (Lipinski definition) is 0. The van der Waals surface area contributed by atoms with Crippen LogP contribution < -0.4 is 9.47 Å². The van der Waals surface area contributed by atoms with Crippen molar-refractivity contribution in [3.63, 3.8) is 0 Å². The van der Waals surface area contributed by atoms with Crippen molar-refractivity contribution < 1.29 is 14.3 Å². The number of aromatic nitrogens is 2. The zero-order valence-electron chi connectivity index (χ0n) is 20.2. The zero-order valence-corrected chi connectivity index (χ0v) is 20.2. The molecule has 0 spiro atoms. The molecule has 33 heavy (non-hydrogen) atoms. The minimum absolute atomic E-state index is 0.0463. The Morgan fingerprint density at radius 1 is 0.939 bits per heavy atom. The molecule has 3 rings (SSSR count). The lowest BCUT2D eigenvalue weighted by Crippen LogP contribution is -2.22. The first-order valence-corrected chi connectivity index (χ1v) is 12.6. The van der Waals surface area contributed by atoms with Crippen molar-refractivity contribution in [3.8, 4) is 22.9 Å². The molecule has 0 amide bonds. The minimum Gasteiger partial charge on any atom is -0.490 e. The predicted octanol–water partition coefficient (Wildman–Crippen LogP) is 7.31. The van der Waals surface area contributed by atoms with E-state index in [4.69, 9.17) is 9.47 Å². The third-order valence-corrected chi connectivity index (χ3v) is 6.20. The Morgan fingerprint density at radius 2 is 1.61 bits per heavy atom. The first-order valence-electron chi connectivity index (χ1n) is 12.6. The van der Waals surface area contributed by atoms with Crippen LogP contribution >= 0.6 is 0 Å². The number of esters is 1. The van der Waals surface area contributed by atoms with E-state index in [1.54, 1.807) is 24.5 Å². The van der Waals surface area contributed by atoms with Crippen molar-refractivity contribution >= 4 is 5.97 Å². The molecule has 1 atom stereocenters. The van der Waals surface area contributed by atoms with E-state index in [0.717, 1.165) is 31.2 Å². The van der Waals surface area contributed by atoms with Gasteiger partial charge >= 0.3 is 5.97 Å². The highest BCUT2D eigenvalue weighted by atomic mass is 16.5. The number of hydrogen-bond acceptors (Lipinski definition) is 5. The van der Waals surface area contributed by atoms with E-state index >= 15 is 0 Å². The van der Waals surface area contributed by atoms with Crippen LogP contribution in [0.4, 0.5) is 0 Å². The summed E-state index contributed by atoms with van der Waals surface area (Å²) < 4.78 is 11.3. The van der Waals surface area contributed by atoms with E-state index < -0.39 is 0 Å². The number of carbonyl (C=O) groups excluding carboxylic acids is 1. The van der Waals surface area contributed by atoms with Gasteiger partial charge in [-0.1, -0.05) is 63.5 Å². The van der Waals surface area contributed by atoms with E-state index in [0.29, 0.717) is 23.9 Å². The van der Waals surface area contributed by atoms with Crippen LogP contribution in [0.25, 0.3) is 11.4 Å². The number of nitrogens with zero attached hydrogens (tertiary/aromatic N) is 2. The lowest BCUT2D eigenvalue weighted by molar-refractivity contribution is -0.139. The molecule has 0 saturated carbocycles. The molecule has 0 radical (unpaired) electrons. The Hall–Kier alpha value is -2.69. The highest BCUT2D eigenvalue weighted by molar-refractivity contribution is 5.75. The van der Waals surface area contributed by atoms with Gasteiger partial charge < -0.3 is 9.47 Å². The topological polar surface area (TPSA) is 61.3 Å². The van der Waals surface area contributed by atoms with Crippen molar-refractivity contribution in [1.29, 1.82) is 0 Å². The number of allylic oxidation sites excluding steroid dienone is 2. The lowest BCUT2D eigenvalue weighted by Gasteiger charge is -2.18. The van der Waals surface area contributed by atoms with Crippen molar-refractivity contribution in [2.45, 2.75) is 84.5 Å². The fraction of sp³-hybridized carbons (Fsp3) is 0.536. The highest BCUT2D eigenvalue weighted by Crippen LogP contribution is 2.26. The van der Waals surface area contributed by atoms with Gasteiger partial charge in [0.05, 0.1) is 24.9 Å². The van der Waals surface area contributed by atoms with Crippen LogP contribution in [0.3, 0.4) is 0 Å². The second-order valence-corrected chi connectivity index (χ2v) is 9.03. The summed E-state index contributed by atoms with van der Waals surface area (Å²) in [5.74, 6) is 1.68. The van der Waals surface area contributed by atoms with Gasteiger partial charge in [0.2, 0.25) is 0 Å². The van der Waals surface area contributed by atoms with Gasteiger partial charge in [0, 0.05) is 5.56 Å². The number of ether oxygens (including phenoxy) is 2. The van der Waals surface area contributed by atoms with Gasteiger partial charge in [0.15, 0.2) is 11.6 Å². The molecule has 1 aliphatic carbocycles. The molecule has 5 nitrogen and oxygen atoms in total. The van der Waals surface area contributed by atoms with Crippen LogP contribution in [0.2, 0.25) is 0 Å². The van der Waals surface area contributed by atoms with E-state index in [1.807, 2.05) is 12.1 Å². The minimum atomic E-state index is -0.152. The number of rotatable bonds is 13. The third kappa shape index (κ3) is 8.64. The summed E-state index contributed by atoms with van der Waals surface area (Å²) in [4.78, 5) is 21.2. The number of carbonyl (C=O) groups is 1. The van der Waals surface area contributed by atoms with Gasteiger partial charge in [0.1, 0.15) is 5.75 Å². The van der Waals surface area contributed by atoms with Gasteiger partial charge in [-0.25, -0.2) is 9.97 Å². The smallest absolute Gasteiger partial charge is 0.314 e. The van der Waals surface area contributed by atoms with Crippen LogP contribution in [-0.4, -0.2) is 22.5 Å². The molecule has 1 heterocycles. The van der Waals surface area contributed by atoms with Crippen LogP contribution in [0.15, 0.2) is 48.3 Å². The summed E-state index contributed by atoms with van der Waals surface area (Å²) in [6, 6.07) is 7.36. The van der Waals surface area contributed by atoms with Crippen molar-refractivity contribution in [2.24, 2.45) is 5.92 Å². The van der Waals surface area contributed by atoms with E-state index in [1.165, 1.54) is 50.5 Å². The number of unbranched alkanes of at least 4 members (excludes halogenated alkanes) is 7. The lowest BCUT2D eigenvalue weighted by atomic mass is 9.90. The van der Waals surface area contributed by atoms with Crippen LogP contribution in [0.1, 0.15) is 84.5 Å². The summed E-state index contributed by atoms with van der Waals surface area (Å²) in [6.45, 7) is 5.06. The maximum absolute atomic E-state index is 12.4. The van der Waals surface area contributed by atoms with Crippen LogP contribution in [-0.2, 0) is 4.79 Å². The molecule has 178 valence electrons. The Balaban J connectivity index is 1.38. The van der Waals surface area contributed by atoms with Gasteiger partial charge in [-0.15, -0.1) is 0 Å². The normalized spacial score (nSPS) is 15.7. The van der Waals surface area contributed by atoms with Crippen molar-refractivity contribution in [2.75, 3.05) is 6.61 Å². The third-order valence-electron chi connectivity index (χ3n) is 6.20. The molecular weight excluding hydrogens is 412 g/mol. The summed E-state index contributed by atoms with van der Waals surface area (Å²) in [5.41, 5.74) is 2.23. The molecule has 1 unspecified atom stereocenters. The van der Waals surface area contributed by atoms with Crippen LogP contribution in [0, 0.1) is 5.92 Å². The maximum Gasteiger partial charge on any atom is 0.314 e. The summed E-state index contributed by atoms with van der Waals surface area (Å²) in [6.07, 6.45) is 18.4. The predicted molar refractivity (Wildman–Crippen MR) is 132 cm³/mol. The second-order valence-electron chi connectivity index (χ2n) is 9.03.